The smallest absolute Gasteiger partial charge is 0.323 e. The predicted octanol–water partition coefficient (Wildman–Crippen LogP) is 2.47. The molecular weight excluding hydrogens is 847 g/mol. The minimum Gasteiger partial charge on any atom is -0.493 e. The maximum atomic E-state index is 13.4. The number of piperazine rings is 1. The number of nitrogens with zero attached hydrogens (tertiary/aromatic N) is 7. The van der Waals surface area contributed by atoms with E-state index in [1.807, 2.05) is 11.8 Å². The summed E-state index contributed by atoms with van der Waals surface area (Å²) < 4.78 is 23.6. The molecule has 22 heteroatoms. The molecule has 0 bridgehead atoms. The molecule has 1 unspecified atom stereocenters. The molecule has 336 valence electrons. The van der Waals surface area contributed by atoms with Gasteiger partial charge in [-0.3, -0.25) is 39.0 Å². The molecule has 6 heterocycles. The van der Waals surface area contributed by atoms with E-state index < -0.39 is 48.2 Å². The maximum absolute atomic E-state index is 13.4. The van der Waals surface area contributed by atoms with Crippen molar-refractivity contribution < 1.29 is 52.5 Å². The SMILES string of the molecule is COc1cc(-c2c(NC(=O)Nc3cnc(N4CCN(C(=O)COCC(=O)Nc5cccc6c5C(=O)N(C5CCC(=O)NC5=O)C6=O)CC4)c(C)c3)cnc3ccnn23)cc(OC)c1OC. The van der Waals surface area contributed by atoms with Crippen LogP contribution in [0.2, 0.25) is 0 Å². The van der Waals surface area contributed by atoms with Gasteiger partial charge in [0.2, 0.25) is 29.4 Å². The molecule has 2 aromatic carbocycles. The Bertz CT molecular complexity index is 2740. The van der Waals surface area contributed by atoms with Gasteiger partial charge in [0.05, 0.1) is 73.8 Å². The topological polar surface area (TPSA) is 257 Å². The first kappa shape index (κ1) is 43.5. The number of rotatable bonds is 13. The minimum absolute atomic E-state index is 0.00747. The van der Waals surface area contributed by atoms with E-state index in [0.29, 0.717) is 77.5 Å². The molecule has 8 amide bonds. The Kier molecular flexibility index (Phi) is 12.2. The van der Waals surface area contributed by atoms with Gasteiger partial charge >= 0.3 is 6.03 Å². The molecule has 3 aliphatic heterocycles. The Morgan fingerprint density at radius 2 is 1.58 bits per heavy atom. The van der Waals surface area contributed by atoms with Crippen LogP contribution in [-0.4, -0.2) is 138 Å². The third-order valence-corrected chi connectivity index (χ3v) is 11.0. The molecule has 5 aromatic rings. The molecule has 65 heavy (non-hydrogen) atoms. The van der Waals surface area contributed by atoms with Crippen molar-refractivity contribution >= 4 is 70.0 Å². The number of pyridine rings is 1. The summed E-state index contributed by atoms with van der Waals surface area (Å²) in [5.41, 5.74) is 3.23. The van der Waals surface area contributed by atoms with Gasteiger partial charge in [-0.2, -0.15) is 5.10 Å². The summed E-state index contributed by atoms with van der Waals surface area (Å²) in [6.45, 7) is 2.61. The van der Waals surface area contributed by atoms with Crippen molar-refractivity contribution in [3.05, 3.63) is 77.7 Å². The number of imide groups is 2. The van der Waals surface area contributed by atoms with Crippen LogP contribution in [0.5, 0.6) is 17.2 Å². The fourth-order valence-electron chi connectivity index (χ4n) is 8.01. The third-order valence-electron chi connectivity index (χ3n) is 11.0. The van der Waals surface area contributed by atoms with Crippen LogP contribution in [0.3, 0.4) is 0 Å². The lowest BCUT2D eigenvalue weighted by molar-refractivity contribution is -0.138. The summed E-state index contributed by atoms with van der Waals surface area (Å²) in [6, 6.07) is 9.65. The maximum Gasteiger partial charge on any atom is 0.323 e. The van der Waals surface area contributed by atoms with Crippen LogP contribution < -0.4 is 40.4 Å². The molecule has 0 saturated carbocycles. The summed E-state index contributed by atoms with van der Waals surface area (Å²) >= 11 is 0. The van der Waals surface area contributed by atoms with Gasteiger partial charge in [0.1, 0.15) is 25.1 Å². The van der Waals surface area contributed by atoms with E-state index in [1.54, 1.807) is 46.1 Å². The Balaban J connectivity index is 0.828. The monoisotopic (exact) mass is 889 g/mol. The molecule has 8 rings (SSSR count). The number of aromatic nitrogens is 4. The van der Waals surface area contributed by atoms with Crippen molar-refractivity contribution in [3.63, 3.8) is 0 Å². The Labute approximate surface area is 370 Å². The second kappa shape index (κ2) is 18.3. The van der Waals surface area contributed by atoms with E-state index in [-0.39, 0.29) is 42.2 Å². The van der Waals surface area contributed by atoms with E-state index in [2.05, 4.69) is 36.3 Å². The second-order valence-electron chi connectivity index (χ2n) is 15.1. The summed E-state index contributed by atoms with van der Waals surface area (Å²) in [7, 11) is 4.53. The molecule has 0 radical (unpaired) electrons. The molecule has 0 aliphatic carbocycles. The third kappa shape index (κ3) is 8.65. The van der Waals surface area contributed by atoms with Gasteiger partial charge in [-0.1, -0.05) is 6.07 Å². The number of nitrogens with one attached hydrogen (secondary N) is 4. The number of anilines is 4. The number of hydrogen-bond acceptors (Lipinski definition) is 15. The first-order valence-electron chi connectivity index (χ1n) is 20.3. The first-order chi connectivity index (χ1) is 31.4. The molecule has 4 N–H and O–H groups in total. The highest BCUT2D eigenvalue weighted by atomic mass is 16.5. The number of amides is 8. The fraction of sp³-hybridized carbons (Fsp3) is 0.302. The van der Waals surface area contributed by atoms with Crippen molar-refractivity contribution in [1.82, 2.24) is 34.7 Å². The summed E-state index contributed by atoms with van der Waals surface area (Å²) in [5.74, 6) is -1.80. The highest BCUT2D eigenvalue weighted by Gasteiger charge is 2.45. The molecule has 22 nitrogen and oxygen atoms in total. The number of urea groups is 1. The van der Waals surface area contributed by atoms with E-state index >= 15 is 0 Å². The Hall–Kier alpha value is -8.14. The van der Waals surface area contributed by atoms with E-state index in [9.17, 15) is 33.6 Å². The average molecular weight is 890 g/mol. The van der Waals surface area contributed by atoms with E-state index in [1.165, 1.54) is 45.7 Å². The number of methoxy groups -OCH3 is 3. The number of fused-ring (bicyclic) bond motifs is 2. The number of benzene rings is 2. The molecule has 2 saturated heterocycles. The van der Waals surface area contributed by atoms with Crippen molar-refractivity contribution in [2.24, 2.45) is 0 Å². The lowest BCUT2D eigenvalue weighted by Gasteiger charge is -2.36. The van der Waals surface area contributed by atoms with Gasteiger partial charge in [0.25, 0.3) is 11.8 Å². The van der Waals surface area contributed by atoms with Crippen LogP contribution in [0.25, 0.3) is 16.9 Å². The number of ether oxygens (including phenoxy) is 4. The van der Waals surface area contributed by atoms with Gasteiger partial charge < -0.3 is 44.7 Å². The minimum atomic E-state index is -1.16. The van der Waals surface area contributed by atoms with Crippen LogP contribution in [0.15, 0.2) is 61.1 Å². The lowest BCUT2D eigenvalue weighted by atomic mass is 10.0. The molecule has 3 aliphatic rings. The number of carbonyl (C=O) groups is 7. The standard InChI is InChI=1S/C43H43N11O11/c1-23-16-25(47-43(61)49-28-20-44-32-10-11-46-54(32)37(28)24-17-30(62-2)38(64-4)31(18-24)63-3)19-45-39(23)52-14-12-51(13-15-52)35(57)22-65-21-34(56)48-27-7-5-6-26-36(27)42(60)53(41(26)59)29-8-9-33(55)50-40(29)58/h5-7,10-11,16-20,29H,8-9,12-15,21-22H2,1-4H3,(H,48,56)(H2,47,49,61)(H,50,55,58). The van der Waals surface area contributed by atoms with Crippen molar-refractivity contribution in [1.29, 1.82) is 0 Å². The van der Waals surface area contributed by atoms with Crippen LogP contribution in [0, 0.1) is 6.92 Å². The summed E-state index contributed by atoms with van der Waals surface area (Å²) in [5, 5.41) is 14.8. The molecule has 3 aromatic heterocycles. The summed E-state index contributed by atoms with van der Waals surface area (Å²) in [6.07, 6.45) is 4.63. The Morgan fingerprint density at radius 3 is 2.28 bits per heavy atom. The predicted molar refractivity (Wildman–Crippen MR) is 231 cm³/mol. The van der Waals surface area contributed by atoms with Crippen LogP contribution in [0.4, 0.5) is 27.7 Å². The molecule has 2 fully saturated rings. The Morgan fingerprint density at radius 1 is 0.831 bits per heavy atom. The fourth-order valence-corrected chi connectivity index (χ4v) is 8.01. The van der Waals surface area contributed by atoms with Gasteiger partial charge in [-0.15, -0.1) is 0 Å². The largest absolute Gasteiger partial charge is 0.493 e. The van der Waals surface area contributed by atoms with Crippen LogP contribution >= 0.6 is 0 Å². The average Bonchev–Trinajstić information content (AvgIpc) is 3.87. The first-order valence-corrected chi connectivity index (χ1v) is 20.3. The number of piperidine rings is 1. The van der Waals surface area contributed by atoms with Crippen molar-refractivity contribution in [3.8, 4) is 28.5 Å². The summed E-state index contributed by atoms with van der Waals surface area (Å²) in [4.78, 5) is 103. The highest BCUT2D eigenvalue weighted by Crippen LogP contribution is 2.43. The molecular formula is C43H43N11O11. The molecule has 1 atom stereocenters. The number of carbonyl (C=O) groups excluding carboxylic acids is 7. The zero-order valence-electron chi connectivity index (χ0n) is 35.6. The quantitative estimate of drug-likeness (QED) is 0.124. The zero-order valence-corrected chi connectivity index (χ0v) is 35.6. The van der Waals surface area contributed by atoms with E-state index in [4.69, 9.17) is 18.9 Å². The number of hydrogen-bond donors (Lipinski definition) is 4. The van der Waals surface area contributed by atoms with Crippen LogP contribution in [-0.2, 0) is 23.9 Å². The molecule has 0 spiro atoms. The highest BCUT2D eigenvalue weighted by molar-refractivity contribution is 6.26. The van der Waals surface area contributed by atoms with Gasteiger partial charge in [-0.25, -0.2) is 19.3 Å². The number of aryl methyl sites for hydroxylation is 1. The second-order valence-corrected chi connectivity index (χ2v) is 15.1. The van der Waals surface area contributed by atoms with Gasteiger partial charge in [0.15, 0.2) is 17.1 Å². The van der Waals surface area contributed by atoms with Gasteiger partial charge in [-0.05, 0) is 49.2 Å². The van der Waals surface area contributed by atoms with Crippen molar-refractivity contribution in [2.45, 2.75) is 25.8 Å². The van der Waals surface area contributed by atoms with Crippen molar-refractivity contribution in [2.75, 3.05) is 81.6 Å². The van der Waals surface area contributed by atoms with Crippen LogP contribution in [0.1, 0.15) is 39.1 Å². The zero-order chi connectivity index (χ0) is 45.9. The normalized spacial score (nSPS) is 16.0. The lowest BCUT2D eigenvalue weighted by Crippen LogP contribution is -2.54. The van der Waals surface area contributed by atoms with E-state index in [0.717, 1.165) is 10.5 Å². The van der Waals surface area contributed by atoms with Gasteiger partial charge in [0, 0.05) is 44.2 Å².